The van der Waals surface area contributed by atoms with Crippen LogP contribution in [0.4, 0.5) is 11.4 Å². The van der Waals surface area contributed by atoms with Gasteiger partial charge in [0.25, 0.3) is 0 Å². The van der Waals surface area contributed by atoms with Crippen LogP contribution in [-0.4, -0.2) is 38.3 Å². The molecule has 0 aliphatic carbocycles. The fourth-order valence-electron chi connectivity index (χ4n) is 2.24. The summed E-state index contributed by atoms with van der Waals surface area (Å²) in [5.41, 5.74) is 7.41. The van der Waals surface area contributed by atoms with Gasteiger partial charge in [0, 0.05) is 18.1 Å². The smallest absolute Gasteiger partial charge is 0.245 e. The Balaban J connectivity index is 2.22. The van der Waals surface area contributed by atoms with Crippen molar-refractivity contribution in [2.45, 2.75) is 19.4 Å². The van der Waals surface area contributed by atoms with E-state index < -0.39 is 0 Å². The number of benzene rings is 1. The summed E-state index contributed by atoms with van der Waals surface area (Å²) in [6.45, 7) is 4.23. The lowest BCUT2D eigenvalue weighted by Gasteiger charge is -2.37. The summed E-state index contributed by atoms with van der Waals surface area (Å²) < 4.78 is 5.43. The Morgan fingerprint density at radius 1 is 1.60 bits per heavy atom. The summed E-state index contributed by atoms with van der Waals surface area (Å²) in [6.07, 6.45) is 0.901. The molecule has 3 N–H and O–H groups in total. The molecule has 0 aromatic heterocycles. The molecule has 1 amide bonds. The average Bonchev–Trinajstić information content (AvgIpc) is 2.47. The van der Waals surface area contributed by atoms with Crippen LogP contribution < -0.4 is 16.0 Å². The number of hydrogen-bond acceptors (Lipinski definition) is 4. The van der Waals surface area contributed by atoms with Gasteiger partial charge in [-0.3, -0.25) is 4.79 Å². The Kier molecular flexibility index (Phi) is 5.09. The van der Waals surface area contributed by atoms with Crippen molar-refractivity contribution in [3.63, 3.8) is 0 Å². The van der Waals surface area contributed by atoms with Gasteiger partial charge >= 0.3 is 0 Å². The predicted molar refractivity (Wildman–Crippen MR) is 81.1 cm³/mol. The topological polar surface area (TPSA) is 67.6 Å². The number of anilines is 2. The van der Waals surface area contributed by atoms with Crippen molar-refractivity contribution in [2.75, 3.05) is 36.9 Å². The van der Waals surface area contributed by atoms with Gasteiger partial charge in [-0.1, -0.05) is 18.5 Å². The number of ether oxygens (including phenoxy) is 1. The minimum atomic E-state index is -0.365. The van der Waals surface area contributed by atoms with Gasteiger partial charge in [-0.05, 0) is 24.6 Å². The van der Waals surface area contributed by atoms with Crippen molar-refractivity contribution in [1.29, 1.82) is 0 Å². The number of nitrogens with zero attached hydrogens (tertiary/aromatic N) is 1. The van der Waals surface area contributed by atoms with Crippen LogP contribution in [0.2, 0.25) is 5.02 Å². The Morgan fingerprint density at radius 2 is 2.40 bits per heavy atom. The zero-order chi connectivity index (χ0) is 14.5. The molecule has 1 saturated heterocycles. The normalized spacial score (nSPS) is 18.9. The van der Waals surface area contributed by atoms with E-state index in [9.17, 15) is 4.79 Å². The highest BCUT2D eigenvalue weighted by Gasteiger charge is 2.30. The summed E-state index contributed by atoms with van der Waals surface area (Å²) in [5, 5.41) is 3.51. The minimum absolute atomic E-state index is 0.0362. The number of carbonyl (C=O) groups excluding carboxylic acids is 1. The van der Waals surface area contributed by atoms with Crippen molar-refractivity contribution in [3.05, 3.63) is 23.2 Å². The van der Waals surface area contributed by atoms with Crippen molar-refractivity contribution in [2.24, 2.45) is 0 Å². The maximum Gasteiger partial charge on any atom is 0.245 e. The molecule has 0 saturated carbocycles. The van der Waals surface area contributed by atoms with Crippen LogP contribution in [0.5, 0.6) is 0 Å². The number of halogens is 1. The molecule has 6 heteroatoms. The largest absolute Gasteiger partial charge is 0.397 e. The predicted octanol–water partition coefficient (Wildman–Crippen LogP) is 1.65. The molecular weight excluding hydrogens is 278 g/mol. The molecule has 1 aromatic rings. The van der Waals surface area contributed by atoms with E-state index in [2.05, 4.69) is 5.32 Å². The van der Waals surface area contributed by atoms with E-state index in [0.717, 1.165) is 12.1 Å². The molecule has 0 spiro atoms. The molecule has 0 bridgehead atoms. The molecule has 1 unspecified atom stereocenters. The number of morpholine rings is 1. The molecule has 1 atom stereocenters. The molecule has 1 heterocycles. The first kappa shape index (κ1) is 14.9. The molecule has 0 radical (unpaired) electrons. The first-order valence-corrected chi connectivity index (χ1v) is 7.18. The van der Waals surface area contributed by atoms with Crippen molar-refractivity contribution >= 4 is 28.9 Å². The van der Waals surface area contributed by atoms with Gasteiger partial charge in [0.2, 0.25) is 5.91 Å². The first-order chi connectivity index (χ1) is 9.63. The zero-order valence-corrected chi connectivity index (χ0v) is 12.3. The number of rotatable bonds is 4. The third-order valence-corrected chi connectivity index (χ3v) is 3.52. The monoisotopic (exact) mass is 297 g/mol. The second kappa shape index (κ2) is 6.81. The standard InChI is InChI=1S/C14H20ClN3O2/c1-2-5-17-14(19)13-9-20-7-6-18(13)12-8-10(15)3-4-11(12)16/h3-4,8,13H,2,5-7,9,16H2,1H3,(H,17,19). The summed E-state index contributed by atoms with van der Waals surface area (Å²) >= 11 is 6.03. The summed E-state index contributed by atoms with van der Waals surface area (Å²) in [5.74, 6) is -0.0362. The number of nitrogens with two attached hydrogens (primary N) is 1. The second-order valence-corrected chi connectivity index (χ2v) is 5.21. The van der Waals surface area contributed by atoms with E-state index >= 15 is 0 Å². The molecule has 1 aliphatic rings. The lowest BCUT2D eigenvalue weighted by atomic mass is 10.1. The minimum Gasteiger partial charge on any atom is -0.397 e. The van der Waals surface area contributed by atoms with Gasteiger partial charge < -0.3 is 20.7 Å². The van der Waals surface area contributed by atoms with Gasteiger partial charge in [0.1, 0.15) is 6.04 Å². The van der Waals surface area contributed by atoms with E-state index in [0.29, 0.717) is 37.0 Å². The highest BCUT2D eigenvalue weighted by atomic mass is 35.5. The van der Waals surface area contributed by atoms with E-state index in [1.807, 2.05) is 11.8 Å². The van der Waals surface area contributed by atoms with Crippen molar-refractivity contribution in [3.8, 4) is 0 Å². The molecule has 20 heavy (non-hydrogen) atoms. The van der Waals surface area contributed by atoms with Gasteiger partial charge in [0.05, 0.1) is 24.6 Å². The lowest BCUT2D eigenvalue weighted by Crippen LogP contribution is -2.54. The Hall–Kier alpha value is -1.46. The van der Waals surface area contributed by atoms with E-state index in [1.165, 1.54) is 0 Å². The number of nitrogen functional groups attached to an aromatic ring is 1. The number of carbonyl (C=O) groups is 1. The first-order valence-electron chi connectivity index (χ1n) is 6.80. The average molecular weight is 298 g/mol. The maximum absolute atomic E-state index is 12.2. The molecule has 1 aromatic carbocycles. The molecule has 5 nitrogen and oxygen atoms in total. The van der Waals surface area contributed by atoms with E-state index in [-0.39, 0.29) is 11.9 Å². The summed E-state index contributed by atoms with van der Waals surface area (Å²) in [7, 11) is 0. The molecule has 2 rings (SSSR count). The molecule has 1 fully saturated rings. The van der Waals surface area contributed by atoms with Crippen LogP contribution in [0.15, 0.2) is 18.2 Å². The van der Waals surface area contributed by atoms with Crippen molar-refractivity contribution < 1.29 is 9.53 Å². The van der Waals surface area contributed by atoms with Crippen LogP contribution in [0, 0.1) is 0 Å². The Morgan fingerprint density at radius 3 is 3.15 bits per heavy atom. The van der Waals surface area contributed by atoms with Crippen LogP contribution in [-0.2, 0) is 9.53 Å². The zero-order valence-electron chi connectivity index (χ0n) is 11.6. The molecular formula is C14H20ClN3O2. The van der Waals surface area contributed by atoms with Crippen LogP contribution in [0.25, 0.3) is 0 Å². The van der Waals surface area contributed by atoms with Gasteiger partial charge in [0.15, 0.2) is 0 Å². The van der Waals surface area contributed by atoms with Crippen LogP contribution >= 0.6 is 11.6 Å². The third-order valence-electron chi connectivity index (χ3n) is 3.28. The fraction of sp³-hybridized carbons (Fsp3) is 0.500. The Bertz CT molecular complexity index is 481. The van der Waals surface area contributed by atoms with E-state index in [4.69, 9.17) is 22.1 Å². The highest BCUT2D eigenvalue weighted by Crippen LogP contribution is 2.29. The number of amides is 1. The van der Waals surface area contributed by atoms with E-state index in [1.54, 1.807) is 18.2 Å². The van der Waals surface area contributed by atoms with Gasteiger partial charge in [-0.15, -0.1) is 0 Å². The second-order valence-electron chi connectivity index (χ2n) is 4.78. The van der Waals surface area contributed by atoms with Crippen LogP contribution in [0.1, 0.15) is 13.3 Å². The van der Waals surface area contributed by atoms with Gasteiger partial charge in [-0.2, -0.15) is 0 Å². The summed E-state index contributed by atoms with van der Waals surface area (Å²) in [6, 6.07) is 4.93. The number of hydrogen-bond donors (Lipinski definition) is 2. The van der Waals surface area contributed by atoms with Gasteiger partial charge in [-0.25, -0.2) is 0 Å². The SMILES string of the molecule is CCCNC(=O)C1COCCN1c1cc(Cl)ccc1N. The molecule has 110 valence electrons. The quantitative estimate of drug-likeness (QED) is 0.829. The Labute approximate surface area is 124 Å². The number of nitrogens with one attached hydrogen (secondary N) is 1. The van der Waals surface area contributed by atoms with Crippen molar-refractivity contribution in [1.82, 2.24) is 5.32 Å². The maximum atomic E-state index is 12.2. The third kappa shape index (κ3) is 3.35. The lowest BCUT2D eigenvalue weighted by molar-refractivity contribution is -0.124. The fourth-order valence-corrected chi connectivity index (χ4v) is 2.41. The van der Waals surface area contributed by atoms with Crippen LogP contribution in [0.3, 0.4) is 0 Å². The molecule has 1 aliphatic heterocycles. The summed E-state index contributed by atoms with van der Waals surface area (Å²) in [4.78, 5) is 14.2. The highest BCUT2D eigenvalue weighted by molar-refractivity contribution is 6.31.